The lowest BCUT2D eigenvalue weighted by atomic mass is 10.1. The van der Waals surface area contributed by atoms with E-state index < -0.39 is 17.5 Å². The highest BCUT2D eigenvalue weighted by Crippen LogP contribution is 2.36. The molecule has 90 valence electrons. The van der Waals surface area contributed by atoms with E-state index in [1.807, 2.05) is 0 Å². The third-order valence-corrected chi connectivity index (χ3v) is 3.66. The highest BCUT2D eigenvalue weighted by atomic mass is 79.9. The number of rotatable bonds is 3. The fourth-order valence-electron chi connectivity index (χ4n) is 1.78. The van der Waals surface area contributed by atoms with Crippen LogP contribution in [0.3, 0.4) is 0 Å². The Morgan fingerprint density at radius 2 is 2.00 bits per heavy atom. The molecule has 0 atom stereocenters. The number of hydrogen-bond acceptors (Lipinski definition) is 2. The first-order chi connectivity index (χ1) is 8.06. The third kappa shape index (κ3) is 2.15. The highest BCUT2D eigenvalue weighted by Gasteiger charge is 2.37. The summed E-state index contributed by atoms with van der Waals surface area (Å²) in [6, 6.07) is 2.36. The van der Waals surface area contributed by atoms with Crippen molar-refractivity contribution in [1.29, 1.82) is 0 Å². The minimum absolute atomic E-state index is 0.136. The van der Waals surface area contributed by atoms with Crippen LogP contribution in [0.2, 0.25) is 0 Å². The van der Waals surface area contributed by atoms with Gasteiger partial charge in [0.1, 0.15) is 5.82 Å². The molecule has 0 unspecified atom stereocenters. The largest absolute Gasteiger partial charge is 0.304 e. The summed E-state index contributed by atoms with van der Waals surface area (Å²) >= 11 is 6.45. The van der Waals surface area contributed by atoms with Gasteiger partial charge in [0.15, 0.2) is 0 Å². The summed E-state index contributed by atoms with van der Waals surface area (Å²) in [6.45, 7) is 0.438. The molecule has 0 N–H and O–H groups in total. The molecule has 0 spiro atoms. The van der Waals surface area contributed by atoms with Crippen molar-refractivity contribution in [2.75, 3.05) is 16.8 Å². The summed E-state index contributed by atoms with van der Waals surface area (Å²) in [7, 11) is 0. The summed E-state index contributed by atoms with van der Waals surface area (Å²) in [5.41, 5.74) is 0.610. The number of alkyl halides is 1. The van der Waals surface area contributed by atoms with Crippen molar-refractivity contribution in [1.82, 2.24) is 0 Å². The normalized spacial score (nSPS) is 14.4. The first-order valence-electron chi connectivity index (χ1n) is 4.97. The number of anilines is 1. The van der Waals surface area contributed by atoms with Gasteiger partial charge in [0.05, 0.1) is 11.3 Å². The molecule has 2 rings (SSSR count). The van der Waals surface area contributed by atoms with E-state index in [1.54, 1.807) is 0 Å². The van der Waals surface area contributed by atoms with Gasteiger partial charge in [-0.25, -0.2) is 4.39 Å². The number of carbonyl (C=O) groups is 2. The molecule has 3 nitrogen and oxygen atoms in total. The lowest BCUT2D eigenvalue weighted by molar-refractivity contribution is -0.114. The van der Waals surface area contributed by atoms with E-state index in [-0.39, 0.29) is 5.56 Å². The van der Waals surface area contributed by atoms with E-state index in [0.717, 1.165) is 17.8 Å². The van der Waals surface area contributed by atoms with Gasteiger partial charge in [-0.15, -0.1) is 0 Å². The maximum atomic E-state index is 13.2. The maximum absolute atomic E-state index is 13.2. The fourth-order valence-corrected chi connectivity index (χ4v) is 2.68. The second-order valence-corrected chi connectivity index (χ2v) is 5.26. The zero-order valence-corrected chi connectivity index (χ0v) is 11.8. The van der Waals surface area contributed by atoms with Crippen LogP contribution in [0.1, 0.15) is 16.8 Å². The molecule has 0 radical (unpaired) electrons. The molecule has 1 amide bonds. The zero-order valence-electron chi connectivity index (χ0n) is 8.67. The molecule has 1 aliphatic heterocycles. The fraction of sp³-hybridized carbons (Fsp3) is 0.273. The third-order valence-electron chi connectivity index (χ3n) is 2.50. The molecule has 1 aromatic carbocycles. The molecule has 0 saturated heterocycles. The first kappa shape index (κ1) is 12.7. The number of amides is 1. The number of hydrogen-bond donors (Lipinski definition) is 0. The van der Waals surface area contributed by atoms with E-state index in [0.29, 0.717) is 16.7 Å². The van der Waals surface area contributed by atoms with Crippen LogP contribution in [0, 0.1) is 5.82 Å². The monoisotopic (exact) mass is 363 g/mol. The molecule has 0 fully saturated rings. The Kier molecular flexibility index (Phi) is 3.63. The summed E-state index contributed by atoms with van der Waals surface area (Å²) in [5.74, 6) is -1.76. The van der Waals surface area contributed by atoms with E-state index in [2.05, 4.69) is 31.9 Å². The molecular weight excluding hydrogens is 357 g/mol. The van der Waals surface area contributed by atoms with Gasteiger partial charge in [-0.05, 0) is 34.5 Å². The Labute approximate surface area is 114 Å². The average molecular weight is 365 g/mol. The minimum Gasteiger partial charge on any atom is -0.304 e. The Hall–Kier alpha value is -0.750. The van der Waals surface area contributed by atoms with Crippen LogP contribution in [-0.4, -0.2) is 23.6 Å². The van der Waals surface area contributed by atoms with Crippen molar-refractivity contribution in [3.8, 4) is 0 Å². The van der Waals surface area contributed by atoms with Crippen molar-refractivity contribution >= 4 is 49.2 Å². The van der Waals surface area contributed by atoms with E-state index >= 15 is 0 Å². The number of carbonyl (C=O) groups excluding carboxylic acids is 2. The standard InChI is InChI=1S/C11H8Br2FNO2/c12-2-1-3-15-9-7(10(16)11(15)17)4-6(14)5-8(9)13/h4-5H,1-3H2. The number of benzene rings is 1. The SMILES string of the molecule is O=C1C(=O)N(CCCBr)c2c(Br)cc(F)cc21. The van der Waals surface area contributed by atoms with Crippen molar-refractivity contribution in [2.45, 2.75) is 6.42 Å². The first-order valence-corrected chi connectivity index (χ1v) is 6.89. The van der Waals surface area contributed by atoms with Crippen LogP contribution in [-0.2, 0) is 4.79 Å². The van der Waals surface area contributed by atoms with E-state index in [1.165, 1.54) is 11.0 Å². The number of fused-ring (bicyclic) bond motifs is 1. The minimum atomic E-state index is -0.644. The molecule has 17 heavy (non-hydrogen) atoms. The van der Waals surface area contributed by atoms with Crippen LogP contribution >= 0.6 is 31.9 Å². The van der Waals surface area contributed by atoms with Gasteiger partial charge in [0, 0.05) is 16.3 Å². The van der Waals surface area contributed by atoms with Crippen molar-refractivity contribution < 1.29 is 14.0 Å². The second kappa shape index (κ2) is 4.86. The number of ketones is 1. The van der Waals surface area contributed by atoms with Gasteiger partial charge in [0.25, 0.3) is 11.7 Å². The molecule has 0 saturated carbocycles. The van der Waals surface area contributed by atoms with Gasteiger partial charge >= 0.3 is 0 Å². The van der Waals surface area contributed by atoms with Crippen LogP contribution in [0.5, 0.6) is 0 Å². The summed E-state index contributed by atoms with van der Waals surface area (Å²) in [4.78, 5) is 24.8. The van der Waals surface area contributed by atoms with Gasteiger partial charge in [0.2, 0.25) is 0 Å². The molecular formula is C11H8Br2FNO2. The zero-order chi connectivity index (χ0) is 12.6. The van der Waals surface area contributed by atoms with E-state index in [9.17, 15) is 14.0 Å². The molecule has 0 aliphatic carbocycles. The molecule has 6 heteroatoms. The van der Waals surface area contributed by atoms with Crippen LogP contribution in [0.25, 0.3) is 0 Å². The lowest BCUT2D eigenvalue weighted by Crippen LogP contribution is -2.31. The van der Waals surface area contributed by atoms with Gasteiger partial charge < -0.3 is 4.90 Å². The smallest absolute Gasteiger partial charge is 0.299 e. The van der Waals surface area contributed by atoms with Crippen molar-refractivity contribution in [3.05, 3.63) is 28.0 Å². The molecule has 1 aliphatic rings. The molecule has 0 aromatic heterocycles. The average Bonchev–Trinajstić information content (AvgIpc) is 2.51. The molecule has 1 heterocycles. The van der Waals surface area contributed by atoms with Crippen LogP contribution < -0.4 is 4.90 Å². The highest BCUT2D eigenvalue weighted by molar-refractivity contribution is 9.10. The molecule has 0 bridgehead atoms. The van der Waals surface area contributed by atoms with Crippen molar-refractivity contribution in [2.24, 2.45) is 0 Å². The summed E-state index contributed by atoms with van der Waals surface area (Å²) < 4.78 is 13.6. The predicted octanol–water partition coefficient (Wildman–Crippen LogP) is 2.90. The molecule has 1 aromatic rings. The van der Waals surface area contributed by atoms with Gasteiger partial charge in [-0.3, -0.25) is 9.59 Å². The van der Waals surface area contributed by atoms with Gasteiger partial charge in [-0.2, -0.15) is 0 Å². The summed E-state index contributed by atoms with van der Waals surface area (Å²) in [6.07, 6.45) is 0.724. The Bertz CT molecular complexity index is 504. The lowest BCUT2D eigenvalue weighted by Gasteiger charge is -2.16. The number of halogens is 3. The van der Waals surface area contributed by atoms with Crippen LogP contribution in [0.4, 0.5) is 10.1 Å². The summed E-state index contributed by atoms with van der Waals surface area (Å²) in [5, 5.41) is 0.735. The number of nitrogens with zero attached hydrogens (tertiary/aromatic N) is 1. The quantitative estimate of drug-likeness (QED) is 0.610. The Morgan fingerprint density at radius 3 is 2.65 bits per heavy atom. The number of Topliss-reactive ketones (excluding diaryl/α,β-unsaturated/α-hetero) is 1. The maximum Gasteiger partial charge on any atom is 0.299 e. The predicted molar refractivity (Wildman–Crippen MR) is 69.2 cm³/mol. The van der Waals surface area contributed by atoms with Crippen LogP contribution in [0.15, 0.2) is 16.6 Å². The van der Waals surface area contributed by atoms with Crippen molar-refractivity contribution in [3.63, 3.8) is 0 Å². The Morgan fingerprint density at radius 1 is 1.29 bits per heavy atom. The Balaban J connectivity index is 2.48. The topological polar surface area (TPSA) is 37.4 Å². The second-order valence-electron chi connectivity index (χ2n) is 3.61. The van der Waals surface area contributed by atoms with E-state index in [4.69, 9.17) is 0 Å². The van der Waals surface area contributed by atoms with Gasteiger partial charge in [-0.1, -0.05) is 15.9 Å².